The van der Waals surface area contributed by atoms with Gasteiger partial charge in [-0.25, -0.2) is 4.98 Å². The van der Waals surface area contributed by atoms with Gasteiger partial charge in [-0.1, -0.05) is 42.5 Å². The fourth-order valence-corrected chi connectivity index (χ4v) is 3.15. The first-order valence-electron chi connectivity index (χ1n) is 8.66. The maximum Gasteiger partial charge on any atom is 0.254 e. The van der Waals surface area contributed by atoms with Crippen molar-refractivity contribution in [3.05, 3.63) is 70.9 Å². The smallest absolute Gasteiger partial charge is 0.254 e. The van der Waals surface area contributed by atoms with Crippen LogP contribution in [0.2, 0.25) is 0 Å². The molecule has 0 aliphatic heterocycles. The van der Waals surface area contributed by atoms with E-state index in [2.05, 4.69) is 60.3 Å². The van der Waals surface area contributed by atoms with Crippen molar-refractivity contribution < 1.29 is 0 Å². The van der Waals surface area contributed by atoms with Gasteiger partial charge in [0.2, 0.25) is 0 Å². The number of nitrogens with zero attached hydrogens (tertiary/aromatic N) is 4. The molecule has 0 aliphatic rings. The highest BCUT2D eigenvalue weighted by molar-refractivity contribution is 5.67. The van der Waals surface area contributed by atoms with Gasteiger partial charge in [0.1, 0.15) is 5.82 Å². The van der Waals surface area contributed by atoms with E-state index in [9.17, 15) is 0 Å². The van der Waals surface area contributed by atoms with Gasteiger partial charge in [0.25, 0.3) is 5.78 Å². The Kier molecular flexibility index (Phi) is 3.92. The van der Waals surface area contributed by atoms with E-state index in [4.69, 9.17) is 5.10 Å². The number of para-hydroxylation sites is 1. The molecule has 2 aromatic carbocycles. The minimum atomic E-state index is 0.594. The number of rotatable bonds is 3. The molecule has 2 aromatic heterocycles. The summed E-state index contributed by atoms with van der Waals surface area (Å²) in [6, 6.07) is 16.4. The summed E-state index contributed by atoms with van der Waals surface area (Å²) in [5.41, 5.74) is 6.53. The second-order valence-electron chi connectivity index (χ2n) is 6.64. The summed E-state index contributed by atoms with van der Waals surface area (Å²) in [4.78, 5) is 9.20. The number of benzene rings is 2. The molecule has 0 amide bonds. The van der Waals surface area contributed by atoms with Crippen molar-refractivity contribution in [3.8, 4) is 11.4 Å². The van der Waals surface area contributed by atoms with Crippen molar-refractivity contribution in [2.24, 2.45) is 0 Å². The number of aromatic nitrogens is 4. The van der Waals surface area contributed by atoms with E-state index >= 15 is 0 Å². The zero-order valence-electron chi connectivity index (χ0n) is 15.4. The molecule has 0 saturated carbocycles. The molecule has 0 fully saturated rings. The summed E-state index contributed by atoms with van der Waals surface area (Å²) in [5, 5.41) is 8.25. The number of hydrogen-bond acceptors (Lipinski definition) is 4. The van der Waals surface area contributed by atoms with Crippen LogP contribution < -0.4 is 5.32 Å². The molecule has 26 heavy (non-hydrogen) atoms. The van der Waals surface area contributed by atoms with Gasteiger partial charge < -0.3 is 5.32 Å². The Bertz CT molecular complexity index is 1090. The van der Waals surface area contributed by atoms with Gasteiger partial charge in [-0.2, -0.15) is 9.50 Å². The molecular formula is C21H21N5. The van der Waals surface area contributed by atoms with Gasteiger partial charge in [-0.15, -0.1) is 5.10 Å². The van der Waals surface area contributed by atoms with E-state index in [1.165, 1.54) is 11.1 Å². The van der Waals surface area contributed by atoms with Crippen LogP contribution in [-0.4, -0.2) is 19.6 Å². The van der Waals surface area contributed by atoms with E-state index in [1.54, 1.807) is 4.52 Å². The third-order valence-corrected chi connectivity index (χ3v) is 4.56. The Hall–Kier alpha value is -3.21. The fourth-order valence-electron chi connectivity index (χ4n) is 3.15. The number of nitrogens with one attached hydrogen (secondary N) is 1. The zero-order chi connectivity index (χ0) is 18.3. The lowest BCUT2D eigenvalue weighted by atomic mass is 10.1. The number of hydrogen-bond donors (Lipinski definition) is 1. The van der Waals surface area contributed by atoms with E-state index < -0.39 is 0 Å². The quantitative estimate of drug-likeness (QED) is 0.582. The average molecular weight is 343 g/mol. The third-order valence-electron chi connectivity index (χ3n) is 4.56. The van der Waals surface area contributed by atoms with Gasteiger partial charge >= 0.3 is 0 Å². The molecule has 0 atom stereocenters. The Morgan fingerprint density at radius 3 is 2.23 bits per heavy atom. The van der Waals surface area contributed by atoms with Crippen LogP contribution in [0.25, 0.3) is 17.2 Å². The predicted octanol–water partition coefficient (Wildman–Crippen LogP) is 4.77. The highest BCUT2D eigenvalue weighted by Crippen LogP contribution is 2.26. The molecule has 5 heteroatoms. The molecule has 0 unspecified atom stereocenters. The lowest BCUT2D eigenvalue weighted by Crippen LogP contribution is -2.04. The highest BCUT2D eigenvalue weighted by Gasteiger charge is 2.14. The van der Waals surface area contributed by atoms with Crippen LogP contribution in [-0.2, 0) is 0 Å². The lowest BCUT2D eigenvalue weighted by Gasteiger charge is -2.13. The second kappa shape index (κ2) is 6.26. The first-order chi connectivity index (χ1) is 12.5. The monoisotopic (exact) mass is 343 g/mol. The first kappa shape index (κ1) is 16.3. The minimum Gasteiger partial charge on any atom is -0.340 e. The molecule has 5 nitrogen and oxygen atoms in total. The van der Waals surface area contributed by atoms with E-state index in [0.717, 1.165) is 28.3 Å². The van der Waals surface area contributed by atoms with Crippen LogP contribution >= 0.6 is 0 Å². The molecular weight excluding hydrogens is 322 g/mol. The summed E-state index contributed by atoms with van der Waals surface area (Å²) < 4.78 is 1.78. The summed E-state index contributed by atoms with van der Waals surface area (Å²) >= 11 is 0. The summed E-state index contributed by atoms with van der Waals surface area (Å²) in [7, 11) is 0. The normalized spacial score (nSPS) is 11.1. The van der Waals surface area contributed by atoms with Crippen molar-refractivity contribution in [2.75, 3.05) is 5.32 Å². The second-order valence-corrected chi connectivity index (χ2v) is 6.64. The van der Waals surface area contributed by atoms with Gasteiger partial charge in [0, 0.05) is 23.0 Å². The summed E-state index contributed by atoms with van der Waals surface area (Å²) in [6.45, 7) is 8.23. The summed E-state index contributed by atoms with van der Waals surface area (Å²) in [5.74, 6) is 2.14. The van der Waals surface area contributed by atoms with Gasteiger partial charge in [-0.05, 0) is 44.4 Å². The van der Waals surface area contributed by atoms with Crippen molar-refractivity contribution in [2.45, 2.75) is 27.7 Å². The maximum absolute atomic E-state index is 4.72. The van der Waals surface area contributed by atoms with Crippen LogP contribution in [0, 0.1) is 27.7 Å². The molecule has 1 N–H and O–H groups in total. The minimum absolute atomic E-state index is 0.594. The Morgan fingerprint density at radius 2 is 1.50 bits per heavy atom. The molecule has 4 rings (SSSR count). The largest absolute Gasteiger partial charge is 0.340 e. The van der Waals surface area contributed by atoms with E-state index in [1.807, 2.05) is 31.2 Å². The predicted molar refractivity (Wildman–Crippen MR) is 105 cm³/mol. The number of fused-ring (bicyclic) bond motifs is 1. The molecule has 0 aliphatic carbocycles. The third kappa shape index (κ3) is 2.81. The Labute approximate surface area is 152 Å². The molecule has 130 valence electrons. The maximum atomic E-state index is 4.72. The lowest BCUT2D eigenvalue weighted by molar-refractivity contribution is 0.939. The molecule has 0 saturated heterocycles. The van der Waals surface area contributed by atoms with Crippen molar-refractivity contribution >= 4 is 17.3 Å². The van der Waals surface area contributed by atoms with Gasteiger partial charge in [0.05, 0.1) is 0 Å². The van der Waals surface area contributed by atoms with E-state index in [-0.39, 0.29) is 0 Å². The Morgan fingerprint density at radius 1 is 0.808 bits per heavy atom. The van der Waals surface area contributed by atoms with Crippen LogP contribution in [0.15, 0.2) is 48.5 Å². The highest BCUT2D eigenvalue weighted by atomic mass is 15.4. The van der Waals surface area contributed by atoms with Crippen LogP contribution in [0.5, 0.6) is 0 Å². The fraction of sp³-hybridized carbons (Fsp3) is 0.190. The SMILES string of the molecule is Cc1cc(Nc2c(C)cccc2C)n2nc(-c3ccccc3C)nc2n1. The molecule has 4 aromatic rings. The summed E-state index contributed by atoms with van der Waals surface area (Å²) in [6.07, 6.45) is 0. The Balaban J connectivity index is 1.87. The van der Waals surface area contributed by atoms with Crippen LogP contribution in [0.1, 0.15) is 22.4 Å². The number of aryl methyl sites for hydroxylation is 4. The average Bonchev–Trinajstić information content (AvgIpc) is 3.02. The van der Waals surface area contributed by atoms with E-state index in [0.29, 0.717) is 11.6 Å². The van der Waals surface area contributed by atoms with Crippen molar-refractivity contribution in [3.63, 3.8) is 0 Å². The van der Waals surface area contributed by atoms with Gasteiger partial charge in [0.15, 0.2) is 5.82 Å². The molecule has 0 bridgehead atoms. The molecule has 2 heterocycles. The zero-order valence-corrected chi connectivity index (χ0v) is 15.4. The first-order valence-corrected chi connectivity index (χ1v) is 8.66. The van der Waals surface area contributed by atoms with Crippen molar-refractivity contribution in [1.82, 2.24) is 19.6 Å². The molecule has 0 radical (unpaired) electrons. The van der Waals surface area contributed by atoms with Crippen LogP contribution in [0.4, 0.5) is 11.5 Å². The van der Waals surface area contributed by atoms with Crippen molar-refractivity contribution in [1.29, 1.82) is 0 Å². The number of anilines is 2. The van der Waals surface area contributed by atoms with Gasteiger partial charge in [-0.3, -0.25) is 0 Å². The standard InChI is InChI=1S/C21H21N5/c1-13-8-5-6-11-17(13)20-24-21-22-16(4)12-18(26(21)25-20)23-19-14(2)9-7-10-15(19)3/h5-12,23H,1-4H3. The van der Waals surface area contributed by atoms with Crippen LogP contribution in [0.3, 0.4) is 0 Å². The molecule has 0 spiro atoms. The topological polar surface area (TPSA) is 55.1 Å².